The molecule has 23 heavy (non-hydrogen) atoms. The maximum Gasteiger partial charge on any atom is 0.204 e. The van der Waals surface area contributed by atoms with Crippen LogP contribution in [0, 0.1) is 34.0 Å². The highest BCUT2D eigenvalue weighted by molar-refractivity contribution is 6.39. The summed E-state index contributed by atoms with van der Waals surface area (Å²) in [6.45, 7) is 10.3. The van der Waals surface area contributed by atoms with Crippen molar-refractivity contribution in [3.05, 3.63) is 12.2 Å². The standard InChI is InChI=1S/C20H26O3/c1-11-9-20-6-5-14-18(2,3)17(23)13(21)10-19(14,4)15(20)7-12(11)8-16(20)22/h12,14-15H,1,5-10H2,2-4H3/t12-,14-,15+,19-,20+/m1/s1. The summed E-state index contributed by atoms with van der Waals surface area (Å²) in [7, 11) is 0. The highest BCUT2D eigenvalue weighted by Crippen LogP contribution is 2.70. The van der Waals surface area contributed by atoms with Crippen LogP contribution in [0.5, 0.6) is 0 Å². The summed E-state index contributed by atoms with van der Waals surface area (Å²) in [5.74, 6) is 0.706. The molecule has 0 radical (unpaired) electrons. The first-order valence-electron chi connectivity index (χ1n) is 8.91. The smallest absolute Gasteiger partial charge is 0.204 e. The van der Waals surface area contributed by atoms with Crippen molar-refractivity contribution in [3.63, 3.8) is 0 Å². The lowest BCUT2D eigenvalue weighted by molar-refractivity contribution is -0.184. The Morgan fingerprint density at radius 2 is 1.74 bits per heavy atom. The monoisotopic (exact) mass is 314 g/mol. The first kappa shape index (κ1) is 15.3. The van der Waals surface area contributed by atoms with Crippen molar-refractivity contribution in [3.8, 4) is 0 Å². The Bertz CT molecular complexity index is 658. The maximum absolute atomic E-state index is 12.9. The van der Waals surface area contributed by atoms with Gasteiger partial charge in [-0.3, -0.25) is 14.4 Å². The summed E-state index contributed by atoms with van der Waals surface area (Å²) in [4.78, 5) is 37.8. The van der Waals surface area contributed by atoms with Gasteiger partial charge in [-0.25, -0.2) is 0 Å². The lowest BCUT2D eigenvalue weighted by Gasteiger charge is -2.66. The molecular weight excluding hydrogens is 288 g/mol. The zero-order chi connectivity index (χ0) is 16.8. The Kier molecular flexibility index (Phi) is 2.81. The van der Waals surface area contributed by atoms with Crippen molar-refractivity contribution in [2.24, 2.45) is 34.0 Å². The third kappa shape index (κ3) is 1.64. The lowest BCUT2D eigenvalue weighted by atomic mass is 9.36. The first-order valence-corrected chi connectivity index (χ1v) is 8.91. The molecule has 0 N–H and O–H groups in total. The minimum atomic E-state index is -0.595. The SMILES string of the molecule is C=C1C[C@@]23CC[C@@H]4C(C)(C)C(=O)C(=O)C[C@@]4(C)[C@@H]2C[C@@H]1CC3=O. The fourth-order valence-electron chi connectivity index (χ4n) is 6.95. The van der Waals surface area contributed by atoms with Crippen molar-refractivity contribution < 1.29 is 14.4 Å². The van der Waals surface area contributed by atoms with Gasteiger partial charge in [0.25, 0.3) is 0 Å². The van der Waals surface area contributed by atoms with Gasteiger partial charge in [0.2, 0.25) is 5.78 Å². The van der Waals surface area contributed by atoms with Gasteiger partial charge >= 0.3 is 0 Å². The van der Waals surface area contributed by atoms with E-state index < -0.39 is 5.41 Å². The van der Waals surface area contributed by atoms with E-state index >= 15 is 0 Å². The second-order valence-corrected chi connectivity index (χ2v) is 9.35. The average Bonchev–Trinajstić information content (AvgIpc) is 2.45. The van der Waals surface area contributed by atoms with E-state index in [0.717, 1.165) is 25.7 Å². The van der Waals surface area contributed by atoms with Gasteiger partial charge in [0.15, 0.2) is 5.78 Å². The van der Waals surface area contributed by atoms with Crippen molar-refractivity contribution >= 4 is 17.3 Å². The number of carbonyl (C=O) groups excluding carboxylic acids is 3. The minimum absolute atomic E-state index is 0.201. The summed E-state index contributed by atoms with van der Waals surface area (Å²) in [5, 5.41) is 0. The Balaban J connectivity index is 1.83. The molecule has 5 saturated carbocycles. The van der Waals surface area contributed by atoms with Crippen LogP contribution in [0.3, 0.4) is 0 Å². The van der Waals surface area contributed by atoms with Gasteiger partial charge in [-0.05, 0) is 48.9 Å². The van der Waals surface area contributed by atoms with Crippen LogP contribution in [0.4, 0.5) is 0 Å². The molecule has 0 aromatic heterocycles. The number of fused-ring (bicyclic) bond motifs is 3. The normalized spacial score (nSPS) is 48.2. The summed E-state index contributed by atoms with van der Waals surface area (Å²) in [5.41, 5.74) is 0.123. The fraction of sp³-hybridized carbons (Fsp3) is 0.750. The molecule has 0 unspecified atom stereocenters. The van der Waals surface area contributed by atoms with Crippen molar-refractivity contribution in [2.45, 2.75) is 59.3 Å². The number of carbonyl (C=O) groups is 3. The van der Waals surface area contributed by atoms with Crippen LogP contribution in [0.1, 0.15) is 59.3 Å². The second kappa shape index (κ2) is 4.23. The molecule has 5 rings (SSSR count). The Morgan fingerprint density at radius 1 is 1.04 bits per heavy atom. The van der Waals surface area contributed by atoms with Crippen LogP contribution in [0.15, 0.2) is 12.2 Å². The summed E-state index contributed by atoms with van der Waals surface area (Å²) >= 11 is 0. The van der Waals surface area contributed by atoms with Crippen LogP contribution in [0.25, 0.3) is 0 Å². The van der Waals surface area contributed by atoms with Gasteiger partial charge in [0.05, 0.1) is 0 Å². The lowest BCUT2D eigenvalue weighted by Crippen LogP contribution is -2.65. The zero-order valence-corrected chi connectivity index (χ0v) is 14.4. The molecule has 2 bridgehead atoms. The molecule has 0 aromatic rings. The van der Waals surface area contributed by atoms with Crippen LogP contribution < -0.4 is 0 Å². The summed E-state index contributed by atoms with van der Waals surface area (Å²) in [6, 6.07) is 0. The molecular formula is C20H26O3. The number of hydrogen-bond acceptors (Lipinski definition) is 3. The molecule has 1 spiro atoms. The van der Waals surface area contributed by atoms with E-state index in [4.69, 9.17) is 0 Å². The first-order chi connectivity index (χ1) is 10.6. The molecule has 0 heterocycles. The second-order valence-electron chi connectivity index (χ2n) is 9.35. The van der Waals surface area contributed by atoms with Crippen LogP contribution >= 0.6 is 0 Å². The Hall–Kier alpha value is -1.25. The Morgan fingerprint density at radius 3 is 2.43 bits per heavy atom. The van der Waals surface area contributed by atoms with Crippen LogP contribution in [-0.2, 0) is 14.4 Å². The largest absolute Gasteiger partial charge is 0.299 e. The molecule has 5 aliphatic carbocycles. The molecule has 0 aliphatic heterocycles. The molecule has 3 nitrogen and oxygen atoms in total. The van der Waals surface area contributed by atoms with Gasteiger partial charge in [0.1, 0.15) is 5.78 Å². The quantitative estimate of drug-likeness (QED) is 0.508. The van der Waals surface area contributed by atoms with E-state index in [2.05, 4.69) is 13.5 Å². The predicted octanol–water partition coefficient (Wildman–Crippen LogP) is 3.51. The molecule has 5 fully saturated rings. The van der Waals surface area contributed by atoms with Gasteiger partial charge in [0, 0.05) is 23.7 Å². The van der Waals surface area contributed by atoms with E-state index in [1.54, 1.807) is 0 Å². The average molecular weight is 314 g/mol. The molecule has 0 saturated heterocycles. The highest BCUT2D eigenvalue weighted by Gasteiger charge is 2.68. The van der Waals surface area contributed by atoms with Crippen LogP contribution in [-0.4, -0.2) is 17.3 Å². The predicted molar refractivity (Wildman–Crippen MR) is 86.7 cm³/mol. The van der Waals surface area contributed by atoms with Gasteiger partial charge in [-0.1, -0.05) is 32.9 Å². The number of Topliss-reactive ketones (excluding diaryl/α,β-unsaturated/α-hetero) is 3. The number of rotatable bonds is 0. The van der Waals surface area contributed by atoms with E-state index in [0.29, 0.717) is 24.5 Å². The third-order valence-corrected chi connectivity index (χ3v) is 8.02. The Labute approximate surface area is 137 Å². The molecule has 5 aliphatic rings. The molecule has 0 aromatic carbocycles. The van der Waals surface area contributed by atoms with Crippen LogP contribution in [0.2, 0.25) is 0 Å². The number of ketones is 3. The number of hydrogen-bond donors (Lipinski definition) is 0. The van der Waals surface area contributed by atoms with Gasteiger partial charge in [-0.15, -0.1) is 0 Å². The van der Waals surface area contributed by atoms with Gasteiger partial charge in [-0.2, -0.15) is 0 Å². The minimum Gasteiger partial charge on any atom is -0.299 e. The van der Waals surface area contributed by atoms with Gasteiger partial charge < -0.3 is 0 Å². The maximum atomic E-state index is 12.9. The molecule has 5 atom stereocenters. The van der Waals surface area contributed by atoms with Crippen molar-refractivity contribution in [1.82, 2.24) is 0 Å². The molecule has 0 amide bonds. The highest BCUT2D eigenvalue weighted by atomic mass is 16.2. The fourth-order valence-corrected chi connectivity index (χ4v) is 6.95. The van der Waals surface area contributed by atoms with Crippen molar-refractivity contribution in [2.75, 3.05) is 0 Å². The van der Waals surface area contributed by atoms with E-state index in [1.165, 1.54) is 5.57 Å². The zero-order valence-electron chi connectivity index (χ0n) is 14.4. The summed E-state index contributed by atoms with van der Waals surface area (Å²) < 4.78 is 0. The summed E-state index contributed by atoms with van der Waals surface area (Å²) in [6.07, 6.45) is 4.52. The topological polar surface area (TPSA) is 51.2 Å². The van der Waals surface area contributed by atoms with E-state index in [1.807, 2.05) is 13.8 Å². The van der Waals surface area contributed by atoms with E-state index in [-0.39, 0.29) is 34.2 Å². The molecule has 124 valence electrons. The number of allylic oxidation sites excluding steroid dienone is 1. The van der Waals surface area contributed by atoms with Crippen molar-refractivity contribution in [1.29, 1.82) is 0 Å². The molecule has 3 heteroatoms. The van der Waals surface area contributed by atoms with E-state index in [9.17, 15) is 14.4 Å². The third-order valence-electron chi connectivity index (χ3n) is 8.02.